The average Bonchev–Trinajstić information content (AvgIpc) is 2.38. The minimum absolute atomic E-state index is 0.122. The molecule has 20 heavy (non-hydrogen) atoms. The summed E-state index contributed by atoms with van der Waals surface area (Å²) in [4.78, 5) is 23.8. The van der Waals surface area contributed by atoms with E-state index in [1.807, 2.05) is 62.4 Å². The van der Waals surface area contributed by atoms with E-state index >= 15 is 0 Å². The van der Waals surface area contributed by atoms with Gasteiger partial charge in [0.25, 0.3) is 5.91 Å². The van der Waals surface area contributed by atoms with Crippen molar-refractivity contribution in [3.05, 3.63) is 65.2 Å². The second-order valence-electron chi connectivity index (χ2n) is 4.92. The molecule has 0 aliphatic rings. The topological polar surface area (TPSA) is 46.2 Å². The number of carbonyl (C=O) groups is 2. The minimum atomic E-state index is -0.571. The highest BCUT2D eigenvalue weighted by Crippen LogP contribution is 2.14. The Morgan fingerprint density at radius 1 is 0.950 bits per heavy atom. The predicted octanol–water partition coefficient (Wildman–Crippen LogP) is 3.05. The number of hydrogen-bond acceptors (Lipinski definition) is 2. The molecule has 2 aromatic carbocycles. The Labute approximate surface area is 118 Å². The summed E-state index contributed by atoms with van der Waals surface area (Å²) in [5, 5.41) is 2.66. The summed E-state index contributed by atoms with van der Waals surface area (Å²) in [6, 6.07) is 15.0. The summed E-state index contributed by atoms with van der Waals surface area (Å²) in [5.41, 5.74) is 3.61. The van der Waals surface area contributed by atoms with Crippen LogP contribution in [0.4, 0.5) is 5.69 Å². The van der Waals surface area contributed by atoms with Crippen LogP contribution in [0.2, 0.25) is 0 Å². The van der Waals surface area contributed by atoms with Crippen LogP contribution in [0.25, 0.3) is 0 Å². The second-order valence-corrected chi connectivity index (χ2v) is 4.92. The van der Waals surface area contributed by atoms with Crippen LogP contribution in [0.1, 0.15) is 16.7 Å². The van der Waals surface area contributed by atoms with Crippen molar-refractivity contribution in [1.82, 2.24) is 0 Å². The fraction of sp³-hybridized carbons (Fsp3) is 0.176. The van der Waals surface area contributed by atoms with Gasteiger partial charge in [0.15, 0.2) is 0 Å². The molecule has 2 aromatic rings. The molecule has 0 bridgehead atoms. The number of benzene rings is 2. The van der Waals surface area contributed by atoms with Gasteiger partial charge in [0.1, 0.15) is 0 Å². The number of anilines is 1. The number of rotatable bonds is 4. The highest BCUT2D eigenvalue weighted by atomic mass is 16.2. The van der Waals surface area contributed by atoms with Gasteiger partial charge in [0.05, 0.1) is 0 Å². The molecule has 0 atom stereocenters. The molecule has 0 aromatic heterocycles. The van der Waals surface area contributed by atoms with Crippen LogP contribution >= 0.6 is 0 Å². The van der Waals surface area contributed by atoms with Gasteiger partial charge in [-0.15, -0.1) is 0 Å². The van der Waals surface area contributed by atoms with Crippen LogP contribution in [-0.2, 0) is 16.0 Å². The van der Waals surface area contributed by atoms with Crippen molar-refractivity contribution in [1.29, 1.82) is 0 Å². The second kappa shape index (κ2) is 6.15. The van der Waals surface area contributed by atoms with Gasteiger partial charge in [0.2, 0.25) is 5.78 Å². The van der Waals surface area contributed by atoms with E-state index in [0.717, 1.165) is 16.7 Å². The molecule has 0 heterocycles. The van der Waals surface area contributed by atoms with E-state index in [1.54, 1.807) is 0 Å². The molecule has 2 rings (SSSR count). The molecule has 0 radical (unpaired) electrons. The molecule has 0 aliphatic carbocycles. The maximum absolute atomic E-state index is 11.9. The fourth-order valence-electron chi connectivity index (χ4n) is 2.11. The SMILES string of the molecule is Cc1cc(C)cc(NC(=O)C(=O)Cc2ccccc2)c1. The van der Waals surface area contributed by atoms with Gasteiger partial charge in [-0.25, -0.2) is 0 Å². The normalized spacial score (nSPS) is 10.1. The fourth-order valence-corrected chi connectivity index (χ4v) is 2.11. The van der Waals surface area contributed by atoms with Crippen molar-refractivity contribution in [2.45, 2.75) is 20.3 Å². The summed E-state index contributed by atoms with van der Waals surface area (Å²) in [7, 11) is 0. The first kappa shape index (κ1) is 14.0. The lowest BCUT2D eigenvalue weighted by molar-refractivity contribution is -0.134. The Kier molecular flexibility index (Phi) is 4.31. The molecule has 0 unspecified atom stereocenters. The van der Waals surface area contributed by atoms with Crippen molar-refractivity contribution >= 4 is 17.4 Å². The molecular weight excluding hydrogens is 250 g/mol. The zero-order valence-corrected chi connectivity index (χ0v) is 11.6. The quantitative estimate of drug-likeness (QED) is 0.865. The number of carbonyl (C=O) groups excluding carboxylic acids is 2. The summed E-state index contributed by atoms with van der Waals surface area (Å²) in [6.45, 7) is 3.91. The van der Waals surface area contributed by atoms with Gasteiger partial charge in [-0.1, -0.05) is 36.4 Å². The van der Waals surface area contributed by atoms with Crippen LogP contribution in [0, 0.1) is 13.8 Å². The Morgan fingerprint density at radius 2 is 1.55 bits per heavy atom. The zero-order valence-electron chi connectivity index (χ0n) is 11.6. The van der Waals surface area contributed by atoms with Gasteiger partial charge in [-0.3, -0.25) is 9.59 Å². The zero-order chi connectivity index (χ0) is 14.5. The smallest absolute Gasteiger partial charge is 0.292 e. The number of hydrogen-bond donors (Lipinski definition) is 1. The molecule has 0 saturated heterocycles. The lowest BCUT2D eigenvalue weighted by atomic mass is 10.1. The molecule has 0 saturated carbocycles. The molecule has 1 amide bonds. The summed E-state index contributed by atoms with van der Waals surface area (Å²) in [5.74, 6) is -1.01. The standard InChI is InChI=1S/C17H17NO2/c1-12-8-13(2)10-15(9-12)18-17(20)16(19)11-14-6-4-3-5-7-14/h3-10H,11H2,1-2H3,(H,18,20). The van der Waals surface area contributed by atoms with E-state index in [-0.39, 0.29) is 6.42 Å². The van der Waals surface area contributed by atoms with Gasteiger partial charge in [-0.05, 0) is 42.7 Å². The number of amides is 1. The van der Waals surface area contributed by atoms with Crippen LogP contribution in [0.5, 0.6) is 0 Å². The number of ketones is 1. The number of Topliss-reactive ketones (excluding diaryl/α,β-unsaturated/α-hetero) is 1. The van der Waals surface area contributed by atoms with Gasteiger partial charge >= 0.3 is 0 Å². The predicted molar refractivity (Wildman–Crippen MR) is 79.7 cm³/mol. The largest absolute Gasteiger partial charge is 0.319 e. The lowest BCUT2D eigenvalue weighted by Gasteiger charge is -2.07. The minimum Gasteiger partial charge on any atom is -0.319 e. The van der Waals surface area contributed by atoms with E-state index in [2.05, 4.69) is 5.32 Å². The number of aryl methyl sites for hydroxylation is 2. The highest BCUT2D eigenvalue weighted by molar-refractivity contribution is 6.41. The average molecular weight is 267 g/mol. The molecule has 0 spiro atoms. The van der Waals surface area contributed by atoms with E-state index in [0.29, 0.717) is 5.69 Å². The van der Waals surface area contributed by atoms with Crippen LogP contribution in [0.15, 0.2) is 48.5 Å². The molecule has 3 nitrogen and oxygen atoms in total. The van der Waals surface area contributed by atoms with Crippen molar-refractivity contribution in [3.8, 4) is 0 Å². The number of nitrogens with one attached hydrogen (secondary N) is 1. The van der Waals surface area contributed by atoms with E-state index < -0.39 is 11.7 Å². The first-order valence-electron chi connectivity index (χ1n) is 6.51. The summed E-state index contributed by atoms with van der Waals surface area (Å²) >= 11 is 0. The third-order valence-electron chi connectivity index (χ3n) is 2.94. The summed E-state index contributed by atoms with van der Waals surface area (Å²) in [6.07, 6.45) is 0.122. The molecule has 3 heteroatoms. The van der Waals surface area contributed by atoms with Crippen LogP contribution in [-0.4, -0.2) is 11.7 Å². The monoisotopic (exact) mass is 267 g/mol. The molecular formula is C17H17NO2. The van der Waals surface area contributed by atoms with Gasteiger partial charge in [0, 0.05) is 12.1 Å². The molecule has 0 aliphatic heterocycles. The van der Waals surface area contributed by atoms with E-state index in [1.165, 1.54) is 0 Å². The van der Waals surface area contributed by atoms with E-state index in [9.17, 15) is 9.59 Å². The Hall–Kier alpha value is -2.42. The van der Waals surface area contributed by atoms with Crippen molar-refractivity contribution in [3.63, 3.8) is 0 Å². The first-order chi connectivity index (χ1) is 9.54. The molecule has 1 N–H and O–H groups in total. The third kappa shape index (κ3) is 3.79. The Bertz CT molecular complexity index is 612. The van der Waals surface area contributed by atoms with E-state index in [4.69, 9.17) is 0 Å². The van der Waals surface area contributed by atoms with Crippen molar-refractivity contribution in [2.75, 3.05) is 5.32 Å². The first-order valence-corrected chi connectivity index (χ1v) is 6.51. The van der Waals surface area contributed by atoms with Crippen LogP contribution < -0.4 is 5.32 Å². The maximum Gasteiger partial charge on any atom is 0.292 e. The van der Waals surface area contributed by atoms with Gasteiger partial charge in [-0.2, -0.15) is 0 Å². The third-order valence-corrected chi connectivity index (χ3v) is 2.94. The lowest BCUT2D eigenvalue weighted by Crippen LogP contribution is -2.24. The van der Waals surface area contributed by atoms with Gasteiger partial charge < -0.3 is 5.32 Å². The Balaban J connectivity index is 2.02. The Morgan fingerprint density at radius 3 is 2.15 bits per heavy atom. The van der Waals surface area contributed by atoms with Crippen LogP contribution in [0.3, 0.4) is 0 Å². The van der Waals surface area contributed by atoms with Crippen molar-refractivity contribution < 1.29 is 9.59 Å². The molecule has 0 fully saturated rings. The maximum atomic E-state index is 11.9. The highest BCUT2D eigenvalue weighted by Gasteiger charge is 2.14. The van der Waals surface area contributed by atoms with Crippen molar-refractivity contribution in [2.24, 2.45) is 0 Å². The summed E-state index contributed by atoms with van der Waals surface area (Å²) < 4.78 is 0. The molecule has 102 valence electrons.